The van der Waals surface area contributed by atoms with Gasteiger partial charge in [-0.25, -0.2) is 0 Å². The number of aliphatic hydroxyl groups is 2. The van der Waals surface area contributed by atoms with E-state index in [2.05, 4.69) is 5.32 Å². The van der Waals surface area contributed by atoms with Gasteiger partial charge in [0.15, 0.2) is 0 Å². The summed E-state index contributed by atoms with van der Waals surface area (Å²) in [6.07, 6.45) is 2.14. The van der Waals surface area contributed by atoms with Crippen molar-refractivity contribution in [2.75, 3.05) is 13.1 Å². The molecular formula is C8H15NO2. The molecule has 0 aromatic heterocycles. The number of hydrogen-bond donors (Lipinski definition) is 3. The van der Waals surface area contributed by atoms with Gasteiger partial charge in [0, 0.05) is 13.1 Å². The van der Waals surface area contributed by atoms with E-state index >= 15 is 0 Å². The van der Waals surface area contributed by atoms with Gasteiger partial charge in [0.2, 0.25) is 0 Å². The van der Waals surface area contributed by atoms with E-state index in [1.165, 1.54) is 12.8 Å². The molecule has 11 heavy (non-hydrogen) atoms. The van der Waals surface area contributed by atoms with Crippen molar-refractivity contribution < 1.29 is 10.2 Å². The van der Waals surface area contributed by atoms with Crippen molar-refractivity contribution >= 4 is 0 Å². The first-order valence-corrected chi connectivity index (χ1v) is 4.29. The van der Waals surface area contributed by atoms with Crippen LogP contribution in [0.2, 0.25) is 0 Å². The quantitative estimate of drug-likeness (QED) is 0.443. The lowest BCUT2D eigenvalue weighted by atomic mass is 9.98. The highest BCUT2D eigenvalue weighted by Gasteiger charge is 2.46. The van der Waals surface area contributed by atoms with Crippen LogP contribution in [0, 0.1) is 5.41 Å². The molecule has 0 bridgehead atoms. The van der Waals surface area contributed by atoms with Crippen LogP contribution in [0.1, 0.15) is 19.3 Å². The third kappa shape index (κ3) is 1.41. The molecule has 3 N–H and O–H groups in total. The van der Waals surface area contributed by atoms with E-state index in [0.717, 1.165) is 13.0 Å². The second-order valence-electron chi connectivity index (χ2n) is 3.97. The molecule has 64 valence electrons. The predicted octanol–water partition coefficient (Wildman–Crippen LogP) is -0.518. The van der Waals surface area contributed by atoms with E-state index in [4.69, 9.17) is 0 Å². The number of rotatable bonds is 0. The van der Waals surface area contributed by atoms with Gasteiger partial charge in [0.25, 0.3) is 0 Å². The molecule has 0 aromatic rings. The van der Waals surface area contributed by atoms with E-state index < -0.39 is 12.2 Å². The maximum absolute atomic E-state index is 9.44. The van der Waals surface area contributed by atoms with E-state index in [-0.39, 0.29) is 0 Å². The molecule has 1 aliphatic heterocycles. The van der Waals surface area contributed by atoms with E-state index in [1.54, 1.807) is 0 Å². The van der Waals surface area contributed by atoms with Crippen LogP contribution in [-0.2, 0) is 0 Å². The minimum Gasteiger partial charge on any atom is -0.390 e. The van der Waals surface area contributed by atoms with Crippen molar-refractivity contribution in [3.8, 4) is 0 Å². The van der Waals surface area contributed by atoms with Crippen molar-refractivity contribution in [2.24, 2.45) is 5.41 Å². The summed E-state index contributed by atoms with van der Waals surface area (Å²) in [5.41, 5.74) is 0.344. The fourth-order valence-corrected chi connectivity index (χ4v) is 1.83. The number of aliphatic hydroxyl groups excluding tert-OH is 2. The minimum absolute atomic E-state index is 0.344. The first-order chi connectivity index (χ1) is 5.22. The Morgan fingerprint density at radius 1 is 1.18 bits per heavy atom. The molecule has 1 saturated carbocycles. The zero-order valence-corrected chi connectivity index (χ0v) is 6.58. The lowest BCUT2D eigenvalue weighted by molar-refractivity contribution is 0.0156. The fraction of sp³-hybridized carbons (Fsp3) is 1.00. The molecule has 0 amide bonds. The van der Waals surface area contributed by atoms with Crippen LogP contribution < -0.4 is 5.32 Å². The summed E-state index contributed by atoms with van der Waals surface area (Å²) in [5, 5.41) is 21.9. The van der Waals surface area contributed by atoms with Crippen molar-refractivity contribution in [1.29, 1.82) is 0 Å². The van der Waals surface area contributed by atoms with Crippen LogP contribution in [0.5, 0.6) is 0 Å². The third-order valence-corrected chi connectivity index (χ3v) is 2.90. The van der Waals surface area contributed by atoms with Gasteiger partial charge in [-0.3, -0.25) is 0 Å². The second kappa shape index (κ2) is 2.44. The summed E-state index contributed by atoms with van der Waals surface area (Å²) in [6, 6.07) is 0. The smallest absolute Gasteiger partial charge is 0.0923 e. The summed E-state index contributed by atoms with van der Waals surface area (Å²) < 4.78 is 0. The maximum Gasteiger partial charge on any atom is 0.0923 e. The largest absolute Gasteiger partial charge is 0.390 e. The summed E-state index contributed by atoms with van der Waals surface area (Å²) in [4.78, 5) is 0. The van der Waals surface area contributed by atoms with Gasteiger partial charge >= 0.3 is 0 Å². The van der Waals surface area contributed by atoms with E-state index in [9.17, 15) is 10.2 Å². The lowest BCUT2D eigenvalue weighted by Crippen LogP contribution is -2.32. The molecule has 1 heterocycles. The van der Waals surface area contributed by atoms with Crippen molar-refractivity contribution in [1.82, 2.24) is 5.32 Å². The fourth-order valence-electron chi connectivity index (χ4n) is 1.83. The lowest BCUT2D eigenvalue weighted by Gasteiger charge is -2.15. The molecule has 2 rings (SSSR count). The molecule has 1 aliphatic carbocycles. The van der Waals surface area contributed by atoms with Crippen LogP contribution >= 0.6 is 0 Å². The summed E-state index contributed by atoms with van der Waals surface area (Å²) in [7, 11) is 0. The van der Waals surface area contributed by atoms with Gasteiger partial charge in [-0.2, -0.15) is 0 Å². The highest BCUT2D eigenvalue weighted by atomic mass is 16.3. The molecule has 2 atom stereocenters. The van der Waals surface area contributed by atoms with Crippen molar-refractivity contribution in [3.63, 3.8) is 0 Å². The van der Waals surface area contributed by atoms with Gasteiger partial charge < -0.3 is 15.5 Å². The SMILES string of the molecule is O[C@@H]1CNCC2(CC2)C[C@@H]1O. The normalized spacial score (nSPS) is 42.0. The molecular weight excluding hydrogens is 142 g/mol. The average Bonchev–Trinajstić information content (AvgIpc) is 2.69. The van der Waals surface area contributed by atoms with Gasteiger partial charge in [-0.05, 0) is 24.7 Å². The number of hydrogen-bond acceptors (Lipinski definition) is 3. The summed E-state index contributed by atoms with van der Waals surface area (Å²) in [6.45, 7) is 1.52. The van der Waals surface area contributed by atoms with Crippen LogP contribution in [0.4, 0.5) is 0 Å². The molecule has 0 aromatic carbocycles. The Morgan fingerprint density at radius 3 is 2.55 bits per heavy atom. The van der Waals surface area contributed by atoms with Crippen molar-refractivity contribution in [3.05, 3.63) is 0 Å². The van der Waals surface area contributed by atoms with Gasteiger partial charge in [-0.15, -0.1) is 0 Å². The van der Waals surface area contributed by atoms with Crippen LogP contribution in [-0.4, -0.2) is 35.5 Å². The zero-order chi connectivity index (χ0) is 7.90. The molecule has 0 unspecified atom stereocenters. The zero-order valence-electron chi connectivity index (χ0n) is 6.58. The molecule has 2 aliphatic rings. The van der Waals surface area contributed by atoms with Gasteiger partial charge in [0.05, 0.1) is 12.2 Å². The Balaban J connectivity index is 2.00. The topological polar surface area (TPSA) is 52.5 Å². The van der Waals surface area contributed by atoms with Crippen LogP contribution in [0.25, 0.3) is 0 Å². The average molecular weight is 157 g/mol. The third-order valence-electron chi connectivity index (χ3n) is 2.90. The standard InChI is InChI=1S/C8H15NO2/c10-6-3-8(1-2-8)5-9-4-7(6)11/h6-7,9-11H,1-5H2/t6-,7+/m0/s1. The Kier molecular flexibility index (Phi) is 1.67. The monoisotopic (exact) mass is 157 g/mol. The molecule has 2 fully saturated rings. The van der Waals surface area contributed by atoms with Crippen LogP contribution in [0.15, 0.2) is 0 Å². The first-order valence-electron chi connectivity index (χ1n) is 4.29. The van der Waals surface area contributed by atoms with Crippen molar-refractivity contribution in [2.45, 2.75) is 31.5 Å². The maximum atomic E-state index is 9.44. The Hall–Kier alpha value is -0.120. The summed E-state index contributed by atoms with van der Waals surface area (Å²) >= 11 is 0. The van der Waals surface area contributed by atoms with E-state index in [1.807, 2.05) is 0 Å². The van der Waals surface area contributed by atoms with Gasteiger partial charge in [-0.1, -0.05) is 0 Å². The summed E-state index contributed by atoms with van der Waals surface area (Å²) in [5.74, 6) is 0. The molecule has 3 nitrogen and oxygen atoms in total. The molecule has 0 radical (unpaired) electrons. The molecule has 1 spiro atoms. The Morgan fingerprint density at radius 2 is 1.91 bits per heavy atom. The van der Waals surface area contributed by atoms with Crippen LogP contribution in [0.3, 0.4) is 0 Å². The number of nitrogens with one attached hydrogen (secondary N) is 1. The number of β-amino-alcohol motifs (C(OH)–C–C–N with tert-alkyl or cyclic N) is 1. The Labute approximate surface area is 66.4 Å². The van der Waals surface area contributed by atoms with E-state index in [0.29, 0.717) is 12.0 Å². The highest BCUT2D eigenvalue weighted by molar-refractivity contribution is 4.99. The molecule has 1 saturated heterocycles. The minimum atomic E-state index is -0.560. The van der Waals surface area contributed by atoms with Gasteiger partial charge in [0.1, 0.15) is 0 Å². The second-order valence-corrected chi connectivity index (χ2v) is 3.97. The molecule has 3 heteroatoms. The first kappa shape index (κ1) is 7.53. The Bertz CT molecular complexity index is 156. The highest BCUT2D eigenvalue weighted by Crippen LogP contribution is 2.49. The predicted molar refractivity (Wildman–Crippen MR) is 41.2 cm³/mol.